The zero-order valence-electron chi connectivity index (χ0n) is 27.2. The Morgan fingerprint density at radius 3 is 1.96 bits per heavy atom. The Morgan fingerprint density at radius 2 is 1.39 bits per heavy atom. The second kappa shape index (κ2) is 15.7. The van der Waals surface area contributed by atoms with Crippen molar-refractivity contribution >= 4 is 57.4 Å². The van der Waals surface area contributed by atoms with Crippen molar-refractivity contribution in [2.24, 2.45) is 0 Å². The van der Waals surface area contributed by atoms with Crippen molar-refractivity contribution in [3.05, 3.63) is 137 Å². The third kappa shape index (κ3) is 8.70. The van der Waals surface area contributed by atoms with Crippen LogP contribution in [0.4, 0.5) is 5.69 Å². The Bertz CT molecular complexity index is 2280. The van der Waals surface area contributed by atoms with Gasteiger partial charge in [0.15, 0.2) is 12.3 Å². The molecule has 0 atom stereocenters. The molecule has 0 radical (unpaired) electrons. The van der Waals surface area contributed by atoms with Crippen LogP contribution in [0.1, 0.15) is 37.8 Å². The lowest BCUT2D eigenvalue weighted by Crippen LogP contribution is -2.26. The van der Waals surface area contributed by atoms with Gasteiger partial charge in [-0.25, -0.2) is 4.58 Å². The highest BCUT2D eigenvalue weighted by Crippen LogP contribution is 2.35. The van der Waals surface area contributed by atoms with Crippen molar-refractivity contribution in [3.63, 3.8) is 0 Å². The lowest BCUT2D eigenvalue weighted by molar-refractivity contribution is -0.514. The molecule has 9 nitrogen and oxygen atoms in total. The van der Waals surface area contributed by atoms with E-state index in [9.17, 15) is 29.8 Å². The highest BCUT2D eigenvalue weighted by molar-refractivity contribution is 7.86. The highest BCUT2D eigenvalue weighted by atomic mass is 32.2. The summed E-state index contributed by atoms with van der Waals surface area (Å²) in [5.41, 5.74) is 6.21. The fraction of sp³-hybridized carbons (Fsp3) is 0.216. The number of hydrogen-bond acceptors (Lipinski definition) is 7. The van der Waals surface area contributed by atoms with Gasteiger partial charge in [0.25, 0.3) is 10.1 Å². The molecule has 0 amide bonds. The van der Waals surface area contributed by atoms with Crippen LogP contribution in [0.25, 0.3) is 5.57 Å². The van der Waals surface area contributed by atoms with Crippen LogP contribution >= 0.6 is 0 Å². The van der Waals surface area contributed by atoms with E-state index in [0.29, 0.717) is 59.9 Å². The summed E-state index contributed by atoms with van der Waals surface area (Å²) in [7, 11) is -9.09. The maximum Gasteiger partial charge on any atom is 0.295 e. The molecule has 5 rings (SSSR count). The lowest BCUT2D eigenvalue weighted by Gasteiger charge is -2.26. The number of likely N-dealkylation sites (N-methyl/N-ethyl adjacent to an activating group) is 2. The Labute approximate surface area is 290 Å². The normalized spacial score (nSPS) is 15.7. The van der Waals surface area contributed by atoms with Crippen LogP contribution in [0.5, 0.6) is 0 Å². The first-order chi connectivity index (χ1) is 23.5. The molecule has 2 aromatic rings. The van der Waals surface area contributed by atoms with Gasteiger partial charge in [-0.2, -0.15) is 25.3 Å². The van der Waals surface area contributed by atoms with Crippen LogP contribution in [0, 0.1) is 0 Å². The molecular weight excluding hydrogens is 681 g/mol. The molecule has 0 aromatic heterocycles. The van der Waals surface area contributed by atoms with E-state index in [2.05, 4.69) is 9.48 Å². The van der Waals surface area contributed by atoms with Gasteiger partial charge in [0.2, 0.25) is 20.6 Å². The van der Waals surface area contributed by atoms with E-state index >= 15 is 0 Å². The average Bonchev–Trinajstić information content (AvgIpc) is 3.10. The number of hydrogen-bond donors (Lipinski definition) is 1. The third-order valence-corrected chi connectivity index (χ3v) is 10.8. The van der Waals surface area contributed by atoms with E-state index in [1.165, 1.54) is 6.07 Å². The van der Waals surface area contributed by atoms with E-state index in [1.807, 2.05) is 74.6 Å². The summed E-state index contributed by atoms with van der Waals surface area (Å²) < 4.78 is 83.4. The summed E-state index contributed by atoms with van der Waals surface area (Å²) >= 11 is 0. The summed E-state index contributed by atoms with van der Waals surface area (Å²) in [5.74, 6) is 0. The number of benzene rings is 2. The largest absolute Gasteiger partial charge is 0.368 e. The maximum atomic E-state index is 12.5. The SMILES string of the molecule is CCN(CC1=CC=CC(=S(=O)=O)C1)c1ccc(C(=C2C=CC(=[N+](CC)CC3=CC=CC(=S(=O)=O)C3)C=C2)c2ccccc2S(=O)(=O)O)cc1. The van der Waals surface area contributed by atoms with Crippen LogP contribution in [0.15, 0.2) is 131 Å². The van der Waals surface area contributed by atoms with Crippen molar-refractivity contribution in [2.45, 2.75) is 31.6 Å². The van der Waals surface area contributed by atoms with Gasteiger partial charge in [0, 0.05) is 49.3 Å². The van der Waals surface area contributed by atoms with Crippen molar-refractivity contribution in [3.8, 4) is 0 Å². The maximum absolute atomic E-state index is 12.5. The highest BCUT2D eigenvalue weighted by Gasteiger charge is 2.23. The minimum atomic E-state index is -4.55. The predicted molar refractivity (Wildman–Crippen MR) is 197 cm³/mol. The van der Waals surface area contributed by atoms with Crippen LogP contribution in [-0.4, -0.2) is 76.0 Å². The summed E-state index contributed by atoms with van der Waals surface area (Å²) in [6.45, 7) is 6.48. The topological polar surface area (TPSA) is 129 Å². The van der Waals surface area contributed by atoms with Crippen molar-refractivity contribution in [1.29, 1.82) is 0 Å². The van der Waals surface area contributed by atoms with E-state index in [4.69, 9.17) is 0 Å². The Hall–Kier alpha value is -4.62. The summed E-state index contributed by atoms with van der Waals surface area (Å²) in [5, 5.41) is 0. The molecule has 0 heterocycles. The van der Waals surface area contributed by atoms with Gasteiger partial charge in [-0.05, 0) is 84.2 Å². The molecule has 254 valence electrons. The number of rotatable bonds is 10. The molecule has 2 aromatic carbocycles. The van der Waals surface area contributed by atoms with E-state index in [1.54, 1.807) is 42.5 Å². The van der Waals surface area contributed by atoms with E-state index < -0.39 is 30.7 Å². The predicted octanol–water partition coefficient (Wildman–Crippen LogP) is 5.04. The molecule has 3 aliphatic carbocycles. The second-order valence-corrected chi connectivity index (χ2v) is 15.0. The van der Waals surface area contributed by atoms with Gasteiger partial charge in [-0.15, -0.1) is 0 Å². The summed E-state index contributed by atoms with van der Waals surface area (Å²) in [4.78, 5) is 2.62. The zero-order valence-corrected chi connectivity index (χ0v) is 29.6. The first-order valence-corrected chi connectivity index (χ1v) is 19.3. The first kappa shape index (κ1) is 35.7. The Kier molecular flexibility index (Phi) is 11.5. The van der Waals surface area contributed by atoms with Crippen molar-refractivity contribution < 1.29 is 34.4 Å². The van der Waals surface area contributed by atoms with Crippen molar-refractivity contribution in [2.75, 3.05) is 31.1 Å². The molecule has 0 bridgehead atoms. The summed E-state index contributed by atoms with van der Waals surface area (Å²) in [6.07, 6.45) is 19.0. The standard InChI is InChI=1S/C37H36N2O7S3/c1-3-38(25-27-9-7-11-33(23-27)47(40)41)31-19-15-29(16-20-31)37(35-13-5-6-14-36(35)49(44,45)46)30-17-21-32(22-18-30)39(4-2)26-28-10-8-12-34(24-28)48(42)43/h5-22H,3-4,23-26H2,1-2H3/p+1. The van der Waals surface area contributed by atoms with E-state index in [-0.39, 0.29) is 4.90 Å². The van der Waals surface area contributed by atoms with Gasteiger partial charge in [-0.3, -0.25) is 4.55 Å². The number of allylic oxidation sites excluding steroid dienone is 11. The van der Waals surface area contributed by atoms with Gasteiger partial charge in [-0.1, -0.05) is 54.6 Å². The first-order valence-electron chi connectivity index (χ1n) is 15.8. The molecule has 0 fully saturated rings. The summed E-state index contributed by atoms with van der Waals surface area (Å²) in [6, 6.07) is 14.1. The molecule has 3 aliphatic rings. The molecule has 0 spiro atoms. The minimum absolute atomic E-state index is 0.205. The smallest absolute Gasteiger partial charge is 0.295 e. The van der Waals surface area contributed by atoms with Gasteiger partial charge in [0.1, 0.15) is 11.4 Å². The fourth-order valence-corrected chi connectivity index (χ4v) is 7.71. The lowest BCUT2D eigenvalue weighted by atomic mass is 9.90. The number of anilines is 1. The Morgan fingerprint density at radius 1 is 0.796 bits per heavy atom. The molecule has 49 heavy (non-hydrogen) atoms. The van der Waals surface area contributed by atoms with Crippen LogP contribution in [0.2, 0.25) is 0 Å². The van der Waals surface area contributed by atoms with E-state index in [0.717, 1.165) is 33.7 Å². The van der Waals surface area contributed by atoms with Crippen molar-refractivity contribution in [1.82, 2.24) is 0 Å². The number of nitrogens with zero attached hydrogens (tertiary/aromatic N) is 2. The molecule has 0 saturated heterocycles. The van der Waals surface area contributed by atoms with Crippen LogP contribution in [0.3, 0.4) is 0 Å². The molecular formula is C37H37N2O7S3+. The fourth-order valence-electron chi connectivity index (χ4n) is 6.03. The van der Waals surface area contributed by atoms with Gasteiger partial charge in [0.05, 0.1) is 9.73 Å². The third-order valence-electron chi connectivity index (χ3n) is 8.49. The molecule has 0 unspecified atom stereocenters. The molecule has 0 aliphatic heterocycles. The Balaban J connectivity index is 1.52. The zero-order chi connectivity index (χ0) is 35.1. The van der Waals surface area contributed by atoms with Gasteiger partial charge < -0.3 is 4.90 Å². The average molecular weight is 718 g/mol. The second-order valence-electron chi connectivity index (χ2n) is 11.6. The molecule has 12 heteroatoms. The monoisotopic (exact) mass is 717 g/mol. The molecule has 1 N–H and O–H groups in total. The minimum Gasteiger partial charge on any atom is -0.368 e. The van der Waals surface area contributed by atoms with Crippen LogP contribution < -0.4 is 4.90 Å². The van der Waals surface area contributed by atoms with Gasteiger partial charge >= 0.3 is 0 Å². The molecule has 0 saturated carbocycles. The quantitative estimate of drug-likeness (QED) is 0.206. The van der Waals surface area contributed by atoms with Crippen LogP contribution in [-0.2, 0) is 30.7 Å².